The highest BCUT2D eigenvalue weighted by molar-refractivity contribution is 6.03. The van der Waals surface area contributed by atoms with Crippen LogP contribution in [-0.4, -0.2) is 30.1 Å². The summed E-state index contributed by atoms with van der Waals surface area (Å²) in [5, 5.41) is 5.47. The number of methoxy groups -OCH3 is 2. The number of carbonyl (C=O) groups is 1. The molecule has 8 heteroatoms. The largest absolute Gasteiger partial charge is 0.493 e. The molecule has 1 amide bonds. The van der Waals surface area contributed by atoms with Crippen molar-refractivity contribution in [3.63, 3.8) is 0 Å². The summed E-state index contributed by atoms with van der Waals surface area (Å²) in [5.41, 5.74) is 0.825. The summed E-state index contributed by atoms with van der Waals surface area (Å²) in [7, 11) is 3.08. The number of nitrogens with one attached hydrogen (secondary N) is 2. The minimum absolute atomic E-state index is 0.0792. The number of anilines is 3. The van der Waals surface area contributed by atoms with Crippen molar-refractivity contribution in [3.05, 3.63) is 66.2 Å². The number of nitrogens with zero attached hydrogens (tertiary/aromatic N) is 2. The maximum atomic E-state index is 13.7. The molecule has 3 rings (SSSR count). The van der Waals surface area contributed by atoms with Crippen LogP contribution in [0.2, 0.25) is 0 Å². The molecule has 3 aromatic rings. The van der Waals surface area contributed by atoms with Crippen LogP contribution in [0, 0.1) is 5.82 Å². The van der Waals surface area contributed by atoms with Crippen LogP contribution in [0.3, 0.4) is 0 Å². The van der Waals surface area contributed by atoms with E-state index in [-0.39, 0.29) is 17.3 Å². The number of carbonyl (C=O) groups excluding carboxylic acids is 1. The van der Waals surface area contributed by atoms with Gasteiger partial charge >= 0.3 is 0 Å². The van der Waals surface area contributed by atoms with Crippen molar-refractivity contribution in [3.8, 4) is 11.5 Å². The van der Waals surface area contributed by atoms with Crippen molar-refractivity contribution in [2.45, 2.75) is 0 Å². The van der Waals surface area contributed by atoms with Gasteiger partial charge in [-0.3, -0.25) is 4.79 Å². The molecule has 0 unspecified atom stereocenters. The first-order valence-corrected chi connectivity index (χ1v) is 7.98. The number of amides is 1. The Bertz CT molecular complexity index is 965. The third-order valence-electron chi connectivity index (χ3n) is 3.65. The number of benzene rings is 2. The zero-order valence-electron chi connectivity index (χ0n) is 14.7. The Morgan fingerprint density at radius 3 is 2.56 bits per heavy atom. The molecule has 0 aliphatic heterocycles. The smallest absolute Gasteiger partial charge is 0.274 e. The van der Waals surface area contributed by atoms with Gasteiger partial charge in [0.15, 0.2) is 11.5 Å². The highest BCUT2D eigenvalue weighted by Gasteiger charge is 2.12. The predicted octanol–water partition coefficient (Wildman–Crippen LogP) is 3.63. The van der Waals surface area contributed by atoms with E-state index in [4.69, 9.17) is 9.47 Å². The molecule has 0 spiro atoms. The van der Waals surface area contributed by atoms with Gasteiger partial charge in [-0.15, -0.1) is 0 Å². The van der Waals surface area contributed by atoms with Gasteiger partial charge in [0, 0.05) is 18.0 Å². The standard InChI is InChI=1S/C19H17FN4O3/c1-26-16-8-7-12(11-17(16)27-2)22-19-21-10-9-15(24-19)18(25)23-14-6-4-3-5-13(14)20/h3-11H,1-2H3,(H,23,25)(H,21,22,24). The molecule has 0 aliphatic rings. The molecular formula is C19H17FN4O3. The van der Waals surface area contributed by atoms with Gasteiger partial charge in [0.2, 0.25) is 5.95 Å². The molecule has 2 aromatic carbocycles. The minimum Gasteiger partial charge on any atom is -0.493 e. The lowest BCUT2D eigenvalue weighted by molar-refractivity contribution is 0.102. The summed E-state index contributed by atoms with van der Waals surface area (Å²) < 4.78 is 24.1. The summed E-state index contributed by atoms with van der Waals surface area (Å²) in [5.74, 6) is 0.266. The first-order chi connectivity index (χ1) is 13.1. The molecule has 0 saturated heterocycles. The Kier molecular flexibility index (Phi) is 5.46. The molecular weight excluding hydrogens is 351 g/mol. The first kappa shape index (κ1) is 18.1. The van der Waals surface area contributed by atoms with E-state index in [1.807, 2.05) is 0 Å². The number of halogens is 1. The van der Waals surface area contributed by atoms with Gasteiger partial charge < -0.3 is 20.1 Å². The highest BCUT2D eigenvalue weighted by atomic mass is 19.1. The number of ether oxygens (including phenoxy) is 2. The monoisotopic (exact) mass is 368 g/mol. The van der Waals surface area contributed by atoms with Crippen LogP contribution in [0.5, 0.6) is 11.5 Å². The molecule has 2 N–H and O–H groups in total. The van der Waals surface area contributed by atoms with Gasteiger partial charge in [-0.05, 0) is 30.3 Å². The van der Waals surface area contributed by atoms with Crippen molar-refractivity contribution in [1.29, 1.82) is 0 Å². The summed E-state index contributed by atoms with van der Waals surface area (Å²) in [6.07, 6.45) is 1.44. The normalized spacial score (nSPS) is 10.2. The van der Waals surface area contributed by atoms with Crippen molar-refractivity contribution in [2.24, 2.45) is 0 Å². The number of aromatic nitrogens is 2. The zero-order valence-corrected chi connectivity index (χ0v) is 14.7. The molecule has 1 heterocycles. The van der Waals surface area contributed by atoms with Crippen molar-refractivity contribution in [2.75, 3.05) is 24.9 Å². The Balaban J connectivity index is 1.77. The van der Waals surface area contributed by atoms with Crippen LogP contribution < -0.4 is 20.1 Å². The van der Waals surface area contributed by atoms with Gasteiger partial charge in [0.1, 0.15) is 11.5 Å². The third-order valence-corrected chi connectivity index (χ3v) is 3.65. The predicted molar refractivity (Wildman–Crippen MR) is 99.2 cm³/mol. The average molecular weight is 368 g/mol. The van der Waals surface area contributed by atoms with Crippen LogP contribution in [0.25, 0.3) is 0 Å². The molecule has 7 nitrogen and oxygen atoms in total. The maximum absolute atomic E-state index is 13.7. The maximum Gasteiger partial charge on any atom is 0.274 e. The summed E-state index contributed by atoms with van der Waals surface area (Å²) in [6, 6.07) is 12.6. The van der Waals surface area contributed by atoms with Crippen molar-refractivity contribution >= 4 is 23.2 Å². The van der Waals surface area contributed by atoms with Crippen LogP contribution in [0.4, 0.5) is 21.7 Å². The highest BCUT2D eigenvalue weighted by Crippen LogP contribution is 2.30. The fraction of sp³-hybridized carbons (Fsp3) is 0.105. The Morgan fingerprint density at radius 2 is 1.81 bits per heavy atom. The van der Waals surface area contributed by atoms with E-state index in [2.05, 4.69) is 20.6 Å². The quantitative estimate of drug-likeness (QED) is 0.691. The number of hydrogen-bond donors (Lipinski definition) is 2. The van der Waals surface area contributed by atoms with E-state index in [9.17, 15) is 9.18 Å². The molecule has 0 radical (unpaired) electrons. The van der Waals surface area contributed by atoms with Gasteiger partial charge in [0.25, 0.3) is 5.91 Å². The average Bonchev–Trinajstić information content (AvgIpc) is 2.69. The van der Waals surface area contributed by atoms with Crippen LogP contribution in [0.1, 0.15) is 10.5 Å². The molecule has 0 aliphatic carbocycles. The molecule has 0 fully saturated rings. The molecule has 1 aromatic heterocycles. The molecule has 27 heavy (non-hydrogen) atoms. The third kappa shape index (κ3) is 4.30. The molecule has 0 atom stereocenters. The second-order valence-electron chi connectivity index (χ2n) is 5.39. The molecule has 138 valence electrons. The van der Waals surface area contributed by atoms with Crippen LogP contribution in [-0.2, 0) is 0 Å². The fourth-order valence-corrected chi connectivity index (χ4v) is 2.34. The van der Waals surface area contributed by atoms with Crippen molar-refractivity contribution in [1.82, 2.24) is 9.97 Å². The van der Waals surface area contributed by atoms with Crippen molar-refractivity contribution < 1.29 is 18.7 Å². The second-order valence-corrected chi connectivity index (χ2v) is 5.39. The van der Waals surface area contributed by atoms with E-state index < -0.39 is 11.7 Å². The van der Waals surface area contributed by atoms with E-state index in [0.29, 0.717) is 17.2 Å². The van der Waals surface area contributed by atoms with Gasteiger partial charge in [-0.1, -0.05) is 12.1 Å². The van der Waals surface area contributed by atoms with E-state index in [1.54, 1.807) is 37.4 Å². The Morgan fingerprint density at radius 1 is 1.04 bits per heavy atom. The summed E-state index contributed by atoms with van der Waals surface area (Å²) in [4.78, 5) is 20.6. The minimum atomic E-state index is -0.544. The molecule has 0 bridgehead atoms. The number of para-hydroxylation sites is 1. The number of hydrogen-bond acceptors (Lipinski definition) is 6. The Labute approximate surface area is 155 Å². The lowest BCUT2D eigenvalue weighted by Crippen LogP contribution is -2.15. The summed E-state index contributed by atoms with van der Waals surface area (Å²) >= 11 is 0. The SMILES string of the molecule is COc1ccc(Nc2nccc(C(=O)Nc3ccccc3F)n2)cc1OC. The Hall–Kier alpha value is -3.68. The van der Waals surface area contributed by atoms with E-state index >= 15 is 0 Å². The van der Waals surface area contributed by atoms with Gasteiger partial charge in [0.05, 0.1) is 19.9 Å². The first-order valence-electron chi connectivity index (χ1n) is 7.98. The van der Waals surface area contributed by atoms with E-state index in [0.717, 1.165) is 0 Å². The lowest BCUT2D eigenvalue weighted by Gasteiger charge is -2.11. The number of rotatable bonds is 6. The molecule has 0 saturated carbocycles. The lowest BCUT2D eigenvalue weighted by atomic mass is 10.2. The summed E-state index contributed by atoms with van der Waals surface area (Å²) in [6.45, 7) is 0. The van der Waals surface area contributed by atoms with Gasteiger partial charge in [-0.2, -0.15) is 0 Å². The van der Waals surface area contributed by atoms with Crippen LogP contribution >= 0.6 is 0 Å². The van der Waals surface area contributed by atoms with Crippen LogP contribution in [0.15, 0.2) is 54.7 Å². The van der Waals surface area contributed by atoms with Gasteiger partial charge in [-0.25, -0.2) is 14.4 Å². The second kappa shape index (κ2) is 8.13. The van der Waals surface area contributed by atoms with E-state index in [1.165, 1.54) is 31.5 Å². The fourth-order valence-electron chi connectivity index (χ4n) is 2.34. The topological polar surface area (TPSA) is 85.4 Å². The zero-order chi connectivity index (χ0) is 19.2.